The average Bonchev–Trinajstić information content (AvgIpc) is 2.63. The summed E-state index contributed by atoms with van der Waals surface area (Å²) in [5, 5.41) is 5.74. The van der Waals surface area contributed by atoms with E-state index in [9.17, 15) is 14.4 Å². The van der Waals surface area contributed by atoms with Crippen molar-refractivity contribution in [3.8, 4) is 0 Å². The third-order valence-electron chi connectivity index (χ3n) is 4.69. The van der Waals surface area contributed by atoms with Gasteiger partial charge in [0.2, 0.25) is 17.7 Å². The lowest BCUT2D eigenvalue weighted by molar-refractivity contribution is -0.135. The molecule has 3 aliphatic heterocycles. The zero-order chi connectivity index (χ0) is 20.2. The van der Waals surface area contributed by atoms with Gasteiger partial charge in [-0.1, -0.05) is 0 Å². The SMILES string of the molecule is CCN1CCN(C)CC1=O.CCN1CCNCC1=O.CN1CCNC(=O)C1. The summed E-state index contributed by atoms with van der Waals surface area (Å²) in [5.41, 5.74) is 0. The molecular weight excluding hydrogens is 348 g/mol. The molecule has 0 aromatic rings. The Labute approximate surface area is 163 Å². The van der Waals surface area contributed by atoms with Gasteiger partial charge in [0.05, 0.1) is 19.6 Å². The van der Waals surface area contributed by atoms with Crippen LogP contribution in [0, 0.1) is 0 Å². The van der Waals surface area contributed by atoms with E-state index in [1.807, 2.05) is 42.6 Å². The number of nitrogens with zero attached hydrogens (tertiary/aromatic N) is 4. The van der Waals surface area contributed by atoms with E-state index in [1.54, 1.807) is 0 Å². The Kier molecular flexibility index (Phi) is 10.9. The Balaban J connectivity index is 0.000000204. The van der Waals surface area contributed by atoms with Gasteiger partial charge in [0.1, 0.15) is 0 Å². The van der Waals surface area contributed by atoms with E-state index in [0.717, 1.165) is 52.4 Å². The topological polar surface area (TPSA) is 88.2 Å². The highest BCUT2D eigenvalue weighted by Crippen LogP contribution is 1.99. The molecule has 27 heavy (non-hydrogen) atoms. The van der Waals surface area contributed by atoms with Crippen LogP contribution in [0.5, 0.6) is 0 Å². The molecule has 0 atom stereocenters. The molecule has 0 aliphatic carbocycles. The van der Waals surface area contributed by atoms with E-state index in [2.05, 4.69) is 15.5 Å². The lowest BCUT2D eigenvalue weighted by Crippen LogP contribution is -2.48. The maximum Gasteiger partial charge on any atom is 0.236 e. The van der Waals surface area contributed by atoms with Crippen LogP contribution in [-0.4, -0.2) is 123 Å². The van der Waals surface area contributed by atoms with E-state index in [4.69, 9.17) is 0 Å². The lowest BCUT2D eigenvalue weighted by atomic mass is 10.3. The summed E-state index contributed by atoms with van der Waals surface area (Å²) in [6.45, 7) is 12.9. The molecule has 3 saturated heterocycles. The molecular formula is C18H36N6O3. The molecule has 3 amide bonds. The first-order valence-electron chi connectivity index (χ1n) is 9.77. The molecule has 0 unspecified atom stereocenters. The highest BCUT2D eigenvalue weighted by Gasteiger charge is 2.19. The van der Waals surface area contributed by atoms with Crippen LogP contribution in [0.3, 0.4) is 0 Å². The number of likely N-dealkylation sites (N-methyl/N-ethyl adjacent to an activating group) is 4. The summed E-state index contributed by atoms with van der Waals surface area (Å²) in [6.07, 6.45) is 0. The zero-order valence-electron chi connectivity index (χ0n) is 17.3. The van der Waals surface area contributed by atoms with Crippen molar-refractivity contribution in [2.75, 3.05) is 86.1 Å². The highest BCUT2D eigenvalue weighted by molar-refractivity contribution is 5.79. The second-order valence-corrected chi connectivity index (χ2v) is 6.95. The number of carbonyl (C=O) groups is 3. The van der Waals surface area contributed by atoms with Gasteiger partial charge >= 0.3 is 0 Å². The van der Waals surface area contributed by atoms with Crippen molar-refractivity contribution < 1.29 is 14.4 Å². The van der Waals surface area contributed by atoms with Crippen molar-refractivity contribution in [2.24, 2.45) is 0 Å². The maximum atomic E-state index is 11.1. The summed E-state index contributed by atoms with van der Waals surface area (Å²) in [5.74, 6) is 0.624. The smallest absolute Gasteiger partial charge is 0.236 e. The van der Waals surface area contributed by atoms with Crippen LogP contribution in [0.2, 0.25) is 0 Å². The molecule has 9 heteroatoms. The monoisotopic (exact) mass is 384 g/mol. The standard InChI is InChI=1S/C7H14N2O.C6H12N2O.C5H10N2O/c1-3-9-5-4-8(2)6-7(9)10;1-2-8-4-3-7-5-6(8)9;1-7-3-2-6-5(8)4-7/h3-6H2,1-2H3;7H,2-5H2,1H3;2-4H2,1H3,(H,6,8). The Morgan fingerprint density at radius 3 is 1.85 bits per heavy atom. The molecule has 0 saturated carbocycles. The molecule has 3 heterocycles. The zero-order valence-corrected chi connectivity index (χ0v) is 17.3. The van der Waals surface area contributed by atoms with Crippen LogP contribution in [0.25, 0.3) is 0 Å². The van der Waals surface area contributed by atoms with Crippen molar-refractivity contribution in [1.82, 2.24) is 30.2 Å². The van der Waals surface area contributed by atoms with Crippen molar-refractivity contribution in [3.63, 3.8) is 0 Å². The predicted molar refractivity (Wildman–Crippen MR) is 105 cm³/mol. The second-order valence-electron chi connectivity index (χ2n) is 6.95. The summed E-state index contributed by atoms with van der Waals surface area (Å²) < 4.78 is 0. The molecule has 0 aromatic heterocycles. The molecule has 0 bridgehead atoms. The number of hydrogen-bond donors (Lipinski definition) is 2. The van der Waals surface area contributed by atoms with Crippen LogP contribution < -0.4 is 10.6 Å². The van der Waals surface area contributed by atoms with Crippen LogP contribution in [-0.2, 0) is 14.4 Å². The maximum absolute atomic E-state index is 11.1. The fourth-order valence-corrected chi connectivity index (χ4v) is 2.91. The van der Waals surface area contributed by atoms with Crippen molar-refractivity contribution in [1.29, 1.82) is 0 Å². The Hall–Kier alpha value is -1.71. The lowest BCUT2D eigenvalue weighted by Gasteiger charge is -2.31. The first-order chi connectivity index (χ1) is 12.9. The number of piperazine rings is 3. The number of amides is 3. The van der Waals surface area contributed by atoms with E-state index >= 15 is 0 Å². The van der Waals surface area contributed by atoms with E-state index < -0.39 is 0 Å². The molecule has 0 aromatic carbocycles. The van der Waals surface area contributed by atoms with Gasteiger partial charge in [0.15, 0.2) is 0 Å². The Bertz CT molecular complexity index is 488. The average molecular weight is 385 g/mol. The summed E-state index contributed by atoms with van der Waals surface area (Å²) in [6, 6.07) is 0. The molecule has 0 radical (unpaired) electrons. The minimum absolute atomic E-state index is 0.138. The van der Waals surface area contributed by atoms with Crippen LogP contribution in [0.15, 0.2) is 0 Å². The molecule has 3 fully saturated rings. The third kappa shape index (κ3) is 9.16. The molecule has 2 N–H and O–H groups in total. The van der Waals surface area contributed by atoms with E-state index in [0.29, 0.717) is 19.6 Å². The van der Waals surface area contributed by atoms with Gasteiger partial charge in [-0.2, -0.15) is 0 Å². The normalized spacial score (nSPS) is 21.7. The van der Waals surface area contributed by atoms with Crippen molar-refractivity contribution in [3.05, 3.63) is 0 Å². The van der Waals surface area contributed by atoms with Gasteiger partial charge in [-0.05, 0) is 27.9 Å². The molecule has 3 aliphatic rings. The number of carbonyl (C=O) groups excluding carboxylic acids is 3. The minimum Gasteiger partial charge on any atom is -0.354 e. The first-order valence-corrected chi connectivity index (χ1v) is 9.77. The Morgan fingerprint density at radius 1 is 0.778 bits per heavy atom. The largest absolute Gasteiger partial charge is 0.354 e. The number of hydrogen-bond acceptors (Lipinski definition) is 6. The van der Waals surface area contributed by atoms with Gasteiger partial charge in [0.25, 0.3) is 0 Å². The van der Waals surface area contributed by atoms with Crippen LogP contribution in [0.1, 0.15) is 13.8 Å². The van der Waals surface area contributed by atoms with Gasteiger partial charge in [-0.15, -0.1) is 0 Å². The molecule has 0 spiro atoms. The Morgan fingerprint density at radius 2 is 1.41 bits per heavy atom. The minimum atomic E-state index is 0.138. The van der Waals surface area contributed by atoms with E-state index in [-0.39, 0.29) is 17.7 Å². The summed E-state index contributed by atoms with van der Waals surface area (Å²) in [7, 11) is 3.92. The van der Waals surface area contributed by atoms with Gasteiger partial charge in [0, 0.05) is 52.4 Å². The van der Waals surface area contributed by atoms with E-state index in [1.165, 1.54) is 0 Å². The van der Waals surface area contributed by atoms with Crippen LogP contribution >= 0.6 is 0 Å². The highest BCUT2D eigenvalue weighted by atomic mass is 16.2. The van der Waals surface area contributed by atoms with Crippen molar-refractivity contribution >= 4 is 17.7 Å². The summed E-state index contributed by atoms with van der Waals surface area (Å²) in [4.78, 5) is 40.3. The fourth-order valence-electron chi connectivity index (χ4n) is 2.91. The quantitative estimate of drug-likeness (QED) is 0.588. The molecule has 3 rings (SSSR count). The third-order valence-corrected chi connectivity index (χ3v) is 4.69. The van der Waals surface area contributed by atoms with Crippen LogP contribution in [0.4, 0.5) is 0 Å². The number of rotatable bonds is 2. The fraction of sp³-hybridized carbons (Fsp3) is 0.833. The molecule has 9 nitrogen and oxygen atoms in total. The predicted octanol–water partition coefficient (Wildman–Crippen LogP) is -1.73. The first kappa shape index (κ1) is 23.3. The van der Waals surface area contributed by atoms with Gasteiger partial charge < -0.3 is 20.4 Å². The second kappa shape index (κ2) is 12.6. The number of nitrogens with one attached hydrogen (secondary N) is 2. The summed E-state index contributed by atoms with van der Waals surface area (Å²) >= 11 is 0. The van der Waals surface area contributed by atoms with Gasteiger partial charge in [-0.25, -0.2) is 0 Å². The van der Waals surface area contributed by atoms with Gasteiger partial charge in [-0.3, -0.25) is 24.2 Å². The molecule has 156 valence electrons. The van der Waals surface area contributed by atoms with Crippen molar-refractivity contribution in [2.45, 2.75) is 13.8 Å².